The molecule has 154 valence electrons. The number of nitrogens with zero attached hydrogens (tertiary/aromatic N) is 3. The Morgan fingerprint density at radius 3 is 1.60 bits per heavy atom. The highest BCUT2D eigenvalue weighted by atomic mass is 16.6. The molecule has 0 atom stereocenters. The maximum absolute atomic E-state index is 13.0. The number of piperidine rings is 1. The summed E-state index contributed by atoms with van der Waals surface area (Å²) in [6.45, 7) is 4.14. The molecule has 1 heterocycles. The molecular weight excluding hydrogens is 386 g/mol. The van der Waals surface area contributed by atoms with E-state index in [0.29, 0.717) is 46.5 Å². The Kier molecular flexibility index (Phi) is 5.89. The number of carbonyl (C=O) groups excluding carboxylic acids is 1. The van der Waals surface area contributed by atoms with Gasteiger partial charge in [-0.3, -0.25) is 29.9 Å². The van der Waals surface area contributed by atoms with Crippen LogP contribution in [0.2, 0.25) is 0 Å². The summed E-state index contributed by atoms with van der Waals surface area (Å²) in [6.07, 6.45) is 3.33. The van der Waals surface area contributed by atoms with Crippen LogP contribution in [0.3, 0.4) is 0 Å². The van der Waals surface area contributed by atoms with Gasteiger partial charge in [0.1, 0.15) is 0 Å². The van der Waals surface area contributed by atoms with Crippen molar-refractivity contribution in [3.63, 3.8) is 0 Å². The third-order valence-corrected chi connectivity index (χ3v) is 5.01. The molecule has 2 aromatic carbocycles. The minimum absolute atomic E-state index is 0.00342. The first kappa shape index (κ1) is 21.1. The van der Waals surface area contributed by atoms with Gasteiger partial charge in [0.2, 0.25) is 0 Å². The monoisotopic (exact) mass is 407 g/mol. The molecule has 1 fully saturated rings. The number of benzene rings is 2. The van der Waals surface area contributed by atoms with Gasteiger partial charge < -0.3 is 0 Å². The average molecular weight is 407 g/mol. The van der Waals surface area contributed by atoms with Crippen LogP contribution in [0.4, 0.5) is 11.4 Å². The molecule has 0 spiro atoms. The number of hydrogen-bond acceptors (Lipinski definition) is 6. The molecule has 1 saturated heterocycles. The Morgan fingerprint density at radius 2 is 1.23 bits per heavy atom. The maximum Gasteiger partial charge on any atom is 0.272 e. The largest absolute Gasteiger partial charge is 0.298 e. The van der Waals surface area contributed by atoms with Gasteiger partial charge in [0, 0.05) is 47.5 Å². The number of ketones is 1. The summed E-state index contributed by atoms with van der Waals surface area (Å²) in [4.78, 5) is 36.5. The van der Waals surface area contributed by atoms with Crippen LogP contribution in [0, 0.1) is 34.1 Å². The van der Waals surface area contributed by atoms with E-state index >= 15 is 0 Å². The molecule has 0 aromatic heterocycles. The normalized spacial score (nSPS) is 17.5. The summed E-state index contributed by atoms with van der Waals surface area (Å²) in [7, 11) is 1.86. The summed E-state index contributed by atoms with van der Waals surface area (Å²) < 4.78 is 0. The summed E-state index contributed by atoms with van der Waals surface area (Å²) in [6, 6.07) is 9.70. The molecular formula is C22H21N3O5. The van der Waals surface area contributed by atoms with Crippen LogP contribution in [0.15, 0.2) is 47.5 Å². The molecule has 0 unspecified atom stereocenters. The van der Waals surface area contributed by atoms with Crippen LogP contribution < -0.4 is 0 Å². The van der Waals surface area contributed by atoms with Crippen molar-refractivity contribution in [2.45, 2.75) is 13.8 Å². The minimum Gasteiger partial charge on any atom is -0.298 e. The fraction of sp³-hybridized carbons (Fsp3) is 0.227. The van der Waals surface area contributed by atoms with Gasteiger partial charge in [0.15, 0.2) is 5.78 Å². The van der Waals surface area contributed by atoms with E-state index in [9.17, 15) is 25.0 Å². The zero-order valence-electron chi connectivity index (χ0n) is 16.9. The first-order valence-electron chi connectivity index (χ1n) is 9.30. The zero-order chi connectivity index (χ0) is 22.0. The summed E-state index contributed by atoms with van der Waals surface area (Å²) >= 11 is 0. The van der Waals surface area contributed by atoms with Gasteiger partial charge in [0.05, 0.1) is 9.85 Å². The Labute approximate surface area is 173 Å². The number of likely N-dealkylation sites (tertiary alicyclic amines) is 1. The number of rotatable bonds is 4. The molecule has 1 aliphatic heterocycles. The number of nitro groups is 2. The number of carbonyl (C=O) groups is 1. The molecule has 0 amide bonds. The topological polar surface area (TPSA) is 107 Å². The van der Waals surface area contributed by atoms with Gasteiger partial charge in [-0.25, -0.2) is 0 Å². The predicted molar refractivity (Wildman–Crippen MR) is 114 cm³/mol. The lowest BCUT2D eigenvalue weighted by Gasteiger charge is -2.26. The van der Waals surface area contributed by atoms with E-state index in [4.69, 9.17) is 0 Å². The summed E-state index contributed by atoms with van der Waals surface area (Å²) in [5.74, 6) is -0.167. The maximum atomic E-state index is 13.0. The molecule has 8 heteroatoms. The Morgan fingerprint density at radius 1 is 0.833 bits per heavy atom. The summed E-state index contributed by atoms with van der Waals surface area (Å²) in [5.41, 5.74) is 3.29. The van der Waals surface area contributed by atoms with Crippen molar-refractivity contribution in [2.75, 3.05) is 20.1 Å². The molecule has 0 radical (unpaired) electrons. The molecule has 0 bridgehead atoms. The van der Waals surface area contributed by atoms with Gasteiger partial charge in [-0.1, -0.05) is 24.3 Å². The van der Waals surface area contributed by atoms with E-state index in [0.717, 1.165) is 0 Å². The number of likely N-dealkylation sites (N-methyl/N-ethyl adjacent to an activating group) is 1. The van der Waals surface area contributed by atoms with Crippen molar-refractivity contribution in [2.24, 2.45) is 0 Å². The predicted octanol–water partition coefficient (Wildman–Crippen LogP) is 4.10. The van der Waals surface area contributed by atoms with Gasteiger partial charge in [0.25, 0.3) is 11.4 Å². The van der Waals surface area contributed by atoms with Crippen LogP contribution in [-0.2, 0) is 4.79 Å². The highest BCUT2D eigenvalue weighted by molar-refractivity contribution is 6.14. The Hall–Kier alpha value is -3.65. The SMILES string of the molecule is Cc1ccc(/C=C2/CN(C)C/C(=C\c3ccc(C)c([N+](=O)[O-])c3)C2=O)cc1[N+](=O)[O-]. The zero-order valence-corrected chi connectivity index (χ0v) is 16.9. The number of hydrogen-bond donors (Lipinski definition) is 0. The number of Topliss-reactive ketones (excluding diaryl/α,β-unsaturated/α-hetero) is 1. The van der Waals surface area contributed by atoms with Crippen LogP contribution in [0.25, 0.3) is 12.2 Å². The lowest BCUT2D eigenvalue weighted by Crippen LogP contribution is -2.34. The lowest BCUT2D eigenvalue weighted by atomic mass is 9.94. The van der Waals surface area contributed by atoms with Crippen LogP contribution >= 0.6 is 0 Å². The first-order chi connectivity index (χ1) is 14.2. The van der Waals surface area contributed by atoms with Crippen molar-refractivity contribution in [3.05, 3.63) is 90.0 Å². The molecule has 3 rings (SSSR count). The molecule has 2 aromatic rings. The highest BCUT2D eigenvalue weighted by Crippen LogP contribution is 2.26. The van der Waals surface area contributed by atoms with Crippen LogP contribution in [-0.4, -0.2) is 40.7 Å². The van der Waals surface area contributed by atoms with E-state index in [1.165, 1.54) is 12.1 Å². The second-order valence-electron chi connectivity index (χ2n) is 7.45. The van der Waals surface area contributed by atoms with Crippen molar-refractivity contribution >= 4 is 29.3 Å². The van der Waals surface area contributed by atoms with Gasteiger partial charge in [-0.05, 0) is 44.2 Å². The molecule has 30 heavy (non-hydrogen) atoms. The van der Waals surface area contributed by atoms with Crippen molar-refractivity contribution in [3.8, 4) is 0 Å². The molecule has 8 nitrogen and oxygen atoms in total. The minimum atomic E-state index is -0.443. The van der Waals surface area contributed by atoms with E-state index in [1.807, 2.05) is 11.9 Å². The van der Waals surface area contributed by atoms with Gasteiger partial charge >= 0.3 is 0 Å². The second-order valence-corrected chi connectivity index (χ2v) is 7.45. The highest BCUT2D eigenvalue weighted by Gasteiger charge is 2.24. The third-order valence-electron chi connectivity index (χ3n) is 5.01. The Balaban J connectivity index is 1.98. The third kappa shape index (κ3) is 4.49. The standard InChI is InChI=1S/C22H21N3O5/c1-14-4-6-16(10-20(14)24(27)28)8-18-12-23(3)13-19(22(18)26)9-17-7-5-15(2)21(11-17)25(29)30/h4-11H,12-13H2,1-3H3/b18-8-,19-9+. The van der Waals surface area contributed by atoms with E-state index in [-0.39, 0.29) is 17.2 Å². The smallest absolute Gasteiger partial charge is 0.272 e. The molecule has 0 N–H and O–H groups in total. The molecule has 0 aliphatic carbocycles. The van der Waals surface area contributed by atoms with E-state index in [1.54, 1.807) is 50.3 Å². The molecule has 1 aliphatic rings. The van der Waals surface area contributed by atoms with Crippen LogP contribution in [0.1, 0.15) is 22.3 Å². The van der Waals surface area contributed by atoms with Gasteiger partial charge in [-0.15, -0.1) is 0 Å². The average Bonchev–Trinajstić information content (AvgIpc) is 2.68. The van der Waals surface area contributed by atoms with Gasteiger partial charge in [-0.2, -0.15) is 0 Å². The van der Waals surface area contributed by atoms with E-state index in [2.05, 4.69) is 0 Å². The fourth-order valence-electron chi connectivity index (χ4n) is 3.44. The van der Waals surface area contributed by atoms with Crippen molar-refractivity contribution < 1.29 is 14.6 Å². The fourth-order valence-corrected chi connectivity index (χ4v) is 3.44. The Bertz CT molecular complexity index is 1030. The van der Waals surface area contributed by atoms with Crippen molar-refractivity contribution in [1.82, 2.24) is 4.90 Å². The van der Waals surface area contributed by atoms with Crippen LogP contribution in [0.5, 0.6) is 0 Å². The number of nitro benzene ring substituents is 2. The first-order valence-corrected chi connectivity index (χ1v) is 9.30. The number of aryl methyl sites for hydroxylation is 2. The lowest BCUT2D eigenvalue weighted by molar-refractivity contribution is -0.385. The quantitative estimate of drug-likeness (QED) is 0.429. The molecule has 0 saturated carbocycles. The summed E-state index contributed by atoms with van der Waals surface area (Å²) in [5, 5.41) is 22.4. The van der Waals surface area contributed by atoms with E-state index < -0.39 is 9.85 Å². The second kappa shape index (κ2) is 8.38. The van der Waals surface area contributed by atoms with Crippen molar-refractivity contribution in [1.29, 1.82) is 0 Å².